The predicted octanol–water partition coefficient (Wildman–Crippen LogP) is 13.7. The number of carbonyl (C=O) groups excluding carboxylic acids is 3. The summed E-state index contributed by atoms with van der Waals surface area (Å²) < 4.78 is 61.6. The number of Topliss-reactive ketones (excluding diaryl/α,β-unsaturated/α-hetero) is 1. The second-order valence-electron chi connectivity index (χ2n) is 25.3. The quantitative estimate of drug-likeness (QED) is 0.0129. The molecule has 2 aliphatic heterocycles. The number of nitrogens with one attached hydrogen (secondary N) is 2. The number of carboxylic acid groups (broad SMARTS) is 1. The number of amides is 2. The molecule has 11 atom stereocenters. The Hall–Kier alpha value is -2.43. The van der Waals surface area contributed by atoms with Crippen molar-refractivity contribution < 1.29 is 86.5 Å². The second-order valence-corrected chi connectivity index (χ2v) is 26.5. The Kier molecular flexibility index (Phi) is 51.9. The van der Waals surface area contributed by atoms with Crippen LogP contribution in [0.3, 0.4) is 0 Å². The lowest BCUT2D eigenvalue weighted by Gasteiger charge is -2.47. The van der Waals surface area contributed by atoms with Crippen molar-refractivity contribution in [3.8, 4) is 0 Å². The number of aliphatic hydroxyl groups excluding tert-OH is 2. The maximum atomic E-state index is 13.7. The van der Waals surface area contributed by atoms with Crippen LogP contribution < -0.4 is 10.6 Å². The molecule has 0 aromatic carbocycles. The maximum absolute atomic E-state index is 13.7. The van der Waals surface area contributed by atoms with Crippen molar-refractivity contribution in [1.82, 2.24) is 10.6 Å². The number of phosphoric ester groups is 1. The molecule has 2 rings (SSSR count). The number of phosphoric acid groups is 1. The van der Waals surface area contributed by atoms with Gasteiger partial charge in [-0.15, -0.1) is 0 Å². The first-order valence-corrected chi connectivity index (χ1v) is 37.6. The van der Waals surface area contributed by atoms with Crippen molar-refractivity contribution >= 4 is 31.9 Å². The van der Waals surface area contributed by atoms with Gasteiger partial charge in [0.15, 0.2) is 12.6 Å². The molecule has 0 saturated carbocycles. The highest BCUT2D eigenvalue weighted by atomic mass is 31.2. The Morgan fingerprint density at radius 3 is 1.53 bits per heavy atom. The topological polar surface area (TPSA) is 284 Å². The number of aliphatic hydroxyl groups is 2. The fourth-order valence-electron chi connectivity index (χ4n) is 11.9. The summed E-state index contributed by atoms with van der Waals surface area (Å²) in [6, 6.07) is -2.55. The lowest BCUT2D eigenvalue weighted by atomic mass is 9.95. The number of allylic oxidation sites excluding steroid dienone is 2. The smallest absolute Gasteiger partial charge is 0.470 e. The zero-order valence-electron chi connectivity index (χ0n) is 56.5. The van der Waals surface area contributed by atoms with Gasteiger partial charge in [0.05, 0.1) is 19.3 Å². The highest BCUT2D eigenvalue weighted by Crippen LogP contribution is 2.42. The third kappa shape index (κ3) is 41.4. The van der Waals surface area contributed by atoms with Gasteiger partial charge >= 0.3 is 13.8 Å². The molecule has 2 amide bonds. The van der Waals surface area contributed by atoms with Gasteiger partial charge in [-0.05, 0) is 57.8 Å². The standard InChI is InChI=1S/C69H129N2O18P/c1-5-9-13-17-21-25-27-28-31-34-38-42-49-82-57(45-41-37-33-29-23-19-15-11-7-3)48-51-84-67-62(70-55-73)68(87-58(52-72)65(67)89-90(79,80)81)85-53-59-64(78)66(83-50-43-39-35-30-26-22-18-14-10-6-2)63(69(88-59)86-54-61(76)77)71-60(75)47-46-56(74)44-40-36-32-24-20-16-12-8-4/h25,27,55,57-59,62-69,72,78H,5-24,26,28-54H2,1-4H3,(H,70,73)(H,71,75)(H,76,77)(H2,79,80,81)/b27-25-/t57?,58-,59-,62?,63-,64-,65?,66-,67-,68-,69+/m1/s1. The molecule has 3 unspecified atom stereocenters. The lowest BCUT2D eigenvalue weighted by molar-refractivity contribution is -0.307. The molecule has 0 bridgehead atoms. The van der Waals surface area contributed by atoms with Crippen molar-refractivity contribution in [2.24, 2.45) is 0 Å². The van der Waals surface area contributed by atoms with Crippen molar-refractivity contribution in [2.75, 3.05) is 39.6 Å². The summed E-state index contributed by atoms with van der Waals surface area (Å²) in [6.07, 6.45) is 35.8. The summed E-state index contributed by atoms with van der Waals surface area (Å²) >= 11 is 0. The van der Waals surface area contributed by atoms with Crippen LogP contribution in [0.4, 0.5) is 0 Å². The lowest BCUT2D eigenvalue weighted by Crippen LogP contribution is -2.67. The minimum atomic E-state index is -5.27. The molecule has 2 fully saturated rings. The average molecular weight is 1310 g/mol. The first-order chi connectivity index (χ1) is 43.7. The summed E-state index contributed by atoms with van der Waals surface area (Å²) in [7, 11) is -5.27. The van der Waals surface area contributed by atoms with Crippen LogP contribution in [0.2, 0.25) is 0 Å². The fraction of sp³-hybridized carbons (Fsp3) is 0.913. The normalized spacial score (nSPS) is 22.5. The van der Waals surface area contributed by atoms with E-state index in [1.807, 2.05) is 0 Å². The number of ether oxygens (including phenoxy) is 7. The molecular weight excluding hydrogens is 1180 g/mol. The number of ketones is 1. The molecule has 21 heteroatoms. The molecule has 0 aromatic heterocycles. The van der Waals surface area contributed by atoms with Gasteiger partial charge in [-0.3, -0.25) is 18.9 Å². The molecule has 528 valence electrons. The van der Waals surface area contributed by atoms with E-state index in [1.54, 1.807) is 0 Å². The Labute approximate surface area is 543 Å². The van der Waals surface area contributed by atoms with E-state index in [4.69, 9.17) is 37.7 Å². The molecule has 20 nitrogen and oxygen atoms in total. The molecule has 0 radical (unpaired) electrons. The molecule has 90 heavy (non-hydrogen) atoms. The van der Waals surface area contributed by atoms with Gasteiger partial charge in [-0.25, -0.2) is 9.36 Å². The monoisotopic (exact) mass is 1300 g/mol. The van der Waals surface area contributed by atoms with Crippen molar-refractivity contribution in [2.45, 2.75) is 365 Å². The van der Waals surface area contributed by atoms with E-state index in [1.165, 1.54) is 122 Å². The van der Waals surface area contributed by atoms with Crippen LogP contribution in [-0.4, -0.2) is 156 Å². The zero-order chi connectivity index (χ0) is 65.7. The highest BCUT2D eigenvalue weighted by Gasteiger charge is 2.52. The third-order valence-corrected chi connectivity index (χ3v) is 17.8. The number of hydrogen-bond acceptors (Lipinski definition) is 15. The van der Waals surface area contributed by atoms with E-state index in [0.717, 1.165) is 116 Å². The molecule has 7 N–H and O–H groups in total. The second kappa shape index (κ2) is 55.8. The van der Waals surface area contributed by atoms with E-state index >= 15 is 0 Å². The van der Waals surface area contributed by atoms with E-state index in [-0.39, 0.29) is 37.9 Å². The Morgan fingerprint density at radius 2 is 1.00 bits per heavy atom. The third-order valence-electron chi connectivity index (χ3n) is 17.3. The fourth-order valence-corrected chi connectivity index (χ4v) is 12.5. The first kappa shape index (κ1) is 83.7. The van der Waals surface area contributed by atoms with Crippen LogP contribution >= 0.6 is 7.82 Å². The van der Waals surface area contributed by atoms with Gasteiger partial charge in [-0.2, -0.15) is 0 Å². The molecule has 0 aliphatic carbocycles. The van der Waals surface area contributed by atoms with Gasteiger partial charge in [0.1, 0.15) is 61.1 Å². The molecule has 2 aliphatic rings. The van der Waals surface area contributed by atoms with Gasteiger partial charge < -0.3 is 68.9 Å². The first-order valence-electron chi connectivity index (χ1n) is 36.0. The number of aliphatic carboxylic acids is 1. The van der Waals surface area contributed by atoms with Crippen LogP contribution in [0.5, 0.6) is 0 Å². The van der Waals surface area contributed by atoms with E-state index in [0.29, 0.717) is 32.3 Å². The van der Waals surface area contributed by atoms with Crippen molar-refractivity contribution in [1.29, 1.82) is 0 Å². The van der Waals surface area contributed by atoms with E-state index < -0.39 is 101 Å². The van der Waals surface area contributed by atoms with Crippen LogP contribution in [0.15, 0.2) is 12.2 Å². The number of hydrogen-bond donors (Lipinski definition) is 7. The number of carboxylic acids is 1. The molecule has 2 heterocycles. The van der Waals surface area contributed by atoms with Gasteiger partial charge in [0.25, 0.3) is 0 Å². The van der Waals surface area contributed by atoms with Gasteiger partial charge in [-0.1, -0.05) is 232 Å². The Balaban J connectivity index is 2.32. The summed E-state index contributed by atoms with van der Waals surface area (Å²) in [5.41, 5.74) is 0. The average Bonchev–Trinajstić information content (AvgIpc) is 0.928. The molecule has 0 spiro atoms. The Bertz CT molecular complexity index is 1830. The molecule has 2 saturated heterocycles. The summed E-state index contributed by atoms with van der Waals surface area (Å²) in [6.45, 7) is 7.36. The maximum Gasteiger partial charge on any atom is 0.470 e. The summed E-state index contributed by atoms with van der Waals surface area (Å²) in [5, 5.41) is 38.1. The van der Waals surface area contributed by atoms with Crippen LogP contribution in [0, 0.1) is 0 Å². The number of unbranched alkanes of at least 4 members (excludes halogenated alkanes) is 32. The largest absolute Gasteiger partial charge is 0.480 e. The van der Waals surface area contributed by atoms with E-state index in [9.17, 15) is 48.8 Å². The minimum Gasteiger partial charge on any atom is -0.480 e. The summed E-state index contributed by atoms with van der Waals surface area (Å²) in [5.74, 6) is -1.93. The van der Waals surface area contributed by atoms with E-state index in [2.05, 4.69) is 50.5 Å². The summed E-state index contributed by atoms with van der Waals surface area (Å²) in [4.78, 5) is 71.4. The zero-order valence-corrected chi connectivity index (χ0v) is 57.4. The molecule has 0 aromatic rings. The highest BCUT2D eigenvalue weighted by molar-refractivity contribution is 7.46. The predicted molar refractivity (Wildman–Crippen MR) is 352 cm³/mol. The Morgan fingerprint density at radius 1 is 0.522 bits per heavy atom. The minimum absolute atomic E-state index is 0.00605. The number of rotatable bonds is 63. The van der Waals surface area contributed by atoms with Gasteiger partial charge in [0, 0.05) is 39.1 Å². The van der Waals surface area contributed by atoms with Gasteiger partial charge in [0.2, 0.25) is 12.3 Å². The van der Waals surface area contributed by atoms with Crippen LogP contribution in [0.1, 0.15) is 297 Å². The molecular formula is C69H129N2O18P. The van der Waals surface area contributed by atoms with Crippen LogP contribution in [0.25, 0.3) is 0 Å². The van der Waals surface area contributed by atoms with Crippen molar-refractivity contribution in [3.63, 3.8) is 0 Å². The number of carbonyl (C=O) groups is 4. The van der Waals surface area contributed by atoms with Crippen LogP contribution in [-0.2, 0) is 61.4 Å². The SMILES string of the molecule is CCCCCC/C=C\CCCCCCOC(CCCCCCCCCCC)CCO[C@@H]1C(NC=O)[C@H](OC[C@H]2O[C@H](OCC(=O)O)[C@H](NC(=O)CCC(=O)CCCCCCCCCC)[C@@H](OCCCCCCCCCCCC)[C@@H]2O)O[C@H](CO)C1OP(=O)(O)O. The van der Waals surface area contributed by atoms with Crippen molar-refractivity contribution in [3.05, 3.63) is 12.2 Å².